The summed E-state index contributed by atoms with van der Waals surface area (Å²) in [7, 11) is -4.71. The second-order valence-electron chi connectivity index (χ2n) is 6.61. The number of phosphoric acid groups is 1. The molecule has 0 saturated carbocycles. The van der Waals surface area contributed by atoms with Crippen molar-refractivity contribution in [3.63, 3.8) is 0 Å². The number of benzene rings is 1. The zero-order valence-electron chi connectivity index (χ0n) is 15.1. The fraction of sp³-hybridized carbons (Fsp3) is 0.500. The van der Waals surface area contributed by atoms with Crippen molar-refractivity contribution in [2.24, 2.45) is 0 Å². The van der Waals surface area contributed by atoms with Crippen molar-refractivity contribution in [3.05, 3.63) is 29.8 Å². The van der Waals surface area contributed by atoms with Crippen LogP contribution in [0.1, 0.15) is 12.0 Å². The minimum atomic E-state index is -4.71. The lowest BCUT2D eigenvalue weighted by Gasteiger charge is -2.39. The third-order valence-corrected chi connectivity index (χ3v) is 4.83. The molecule has 12 nitrogen and oxygen atoms in total. The van der Waals surface area contributed by atoms with Crippen molar-refractivity contribution in [3.8, 4) is 5.75 Å². The van der Waals surface area contributed by atoms with E-state index in [0.29, 0.717) is 5.56 Å². The lowest BCUT2D eigenvalue weighted by molar-refractivity contribution is -0.157. The van der Waals surface area contributed by atoms with E-state index >= 15 is 0 Å². The van der Waals surface area contributed by atoms with E-state index in [1.54, 1.807) is 6.07 Å². The highest BCUT2D eigenvalue weighted by atomic mass is 31.2. The molecule has 0 spiro atoms. The van der Waals surface area contributed by atoms with Crippen LogP contribution in [0.2, 0.25) is 0 Å². The molecule has 29 heavy (non-hydrogen) atoms. The quantitative estimate of drug-likeness (QED) is 0.204. The van der Waals surface area contributed by atoms with Gasteiger partial charge in [-0.3, -0.25) is 24.7 Å². The topological polar surface area (TPSA) is 206 Å². The summed E-state index contributed by atoms with van der Waals surface area (Å²) in [6.07, 6.45) is -4.76. The number of carboxylic acids is 1. The molecule has 0 aliphatic carbocycles. The van der Waals surface area contributed by atoms with Gasteiger partial charge < -0.3 is 30.3 Å². The fourth-order valence-electron chi connectivity index (χ4n) is 3.00. The van der Waals surface area contributed by atoms with Crippen molar-refractivity contribution < 1.29 is 48.9 Å². The first kappa shape index (κ1) is 23.2. The summed E-state index contributed by atoms with van der Waals surface area (Å²) in [5.74, 6) is -1.90. The third-order valence-electron chi connectivity index (χ3n) is 4.38. The zero-order chi connectivity index (χ0) is 21.8. The summed E-state index contributed by atoms with van der Waals surface area (Å²) in [6.45, 7) is 0.0430. The molecule has 0 bridgehead atoms. The number of carbonyl (C=O) groups excluding carboxylic acids is 1. The first-order valence-corrected chi connectivity index (χ1v) is 10.1. The van der Waals surface area contributed by atoms with Crippen LogP contribution in [0.3, 0.4) is 0 Å². The SMILES string of the molecule is O=C(Cc1cccc(OP(=O)(O)O)c1)NCC[C@@H]1N[C@@H](C(=O)O)[C@@H](O)[C@H](O)[C@H]1O. The van der Waals surface area contributed by atoms with Gasteiger partial charge in [-0.05, 0) is 24.1 Å². The highest BCUT2D eigenvalue weighted by molar-refractivity contribution is 7.46. The number of piperidine rings is 1. The Labute approximate surface area is 165 Å². The Morgan fingerprint density at radius 2 is 1.83 bits per heavy atom. The molecule has 0 unspecified atom stereocenters. The summed E-state index contributed by atoms with van der Waals surface area (Å²) < 4.78 is 15.3. The van der Waals surface area contributed by atoms with Crippen LogP contribution < -0.4 is 15.2 Å². The molecule has 2 rings (SSSR count). The molecule has 13 heteroatoms. The first-order chi connectivity index (χ1) is 13.5. The Bertz CT molecular complexity index is 785. The van der Waals surface area contributed by atoms with Gasteiger partial charge in [0.1, 0.15) is 24.0 Å². The van der Waals surface area contributed by atoms with E-state index in [1.165, 1.54) is 18.2 Å². The van der Waals surface area contributed by atoms with Crippen LogP contribution >= 0.6 is 7.82 Å². The minimum Gasteiger partial charge on any atom is -0.480 e. The Balaban J connectivity index is 1.86. The number of hydrogen-bond acceptors (Lipinski definition) is 8. The predicted octanol–water partition coefficient (Wildman–Crippen LogP) is -2.29. The Morgan fingerprint density at radius 1 is 1.14 bits per heavy atom. The van der Waals surface area contributed by atoms with Gasteiger partial charge in [0, 0.05) is 12.6 Å². The van der Waals surface area contributed by atoms with Gasteiger partial charge in [-0.2, -0.15) is 0 Å². The van der Waals surface area contributed by atoms with Crippen molar-refractivity contribution in [1.82, 2.24) is 10.6 Å². The number of aliphatic hydroxyl groups excluding tert-OH is 3. The van der Waals surface area contributed by atoms with E-state index < -0.39 is 50.1 Å². The van der Waals surface area contributed by atoms with Crippen LogP contribution in [0.15, 0.2) is 24.3 Å². The van der Waals surface area contributed by atoms with Crippen molar-refractivity contribution >= 4 is 19.7 Å². The lowest BCUT2D eigenvalue weighted by Crippen LogP contribution is -2.67. The van der Waals surface area contributed by atoms with E-state index in [2.05, 4.69) is 15.2 Å². The molecular weight excluding hydrogens is 411 g/mol. The monoisotopic (exact) mass is 434 g/mol. The Morgan fingerprint density at radius 3 is 2.45 bits per heavy atom. The Hall–Kier alpha value is -2.05. The molecule has 162 valence electrons. The Kier molecular flexibility index (Phi) is 7.72. The number of rotatable bonds is 8. The van der Waals surface area contributed by atoms with E-state index in [1.807, 2.05) is 0 Å². The smallest absolute Gasteiger partial charge is 0.480 e. The fourth-order valence-corrected chi connectivity index (χ4v) is 3.39. The average Bonchev–Trinajstić information content (AvgIpc) is 2.60. The molecular formula is C16H23N2O10P. The molecule has 1 heterocycles. The van der Waals surface area contributed by atoms with Gasteiger partial charge in [-0.1, -0.05) is 12.1 Å². The maximum absolute atomic E-state index is 12.0. The number of hydrogen-bond donors (Lipinski definition) is 8. The molecule has 1 aliphatic rings. The summed E-state index contributed by atoms with van der Waals surface area (Å²) >= 11 is 0. The second kappa shape index (κ2) is 9.63. The van der Waals surface area contributed by atoms with Gasteiger partial charge in [0.05, 0.1) is 12.5 Å². The normalized spacial score (nSPS) is 27.3. The van der Waals surface area contributed by atoms with Crippen LogP contribution in [0.25, 0.3) is 0 Å². The van der Waals surface area contributed by atoms with E-state index in [9.17, 15) is 29.5 Å². The van der Waals surface area contributed by atoms with Crippen molar-refractivity contribution in [1.29, 1.82) is 0 Å². The van der Waals surface area contributed by atoms with Crippen LogP contribution in [0, 0.1) is 0 Å². The molecule has 1 fully saturated rings. The van der Waals surface area contributed by atoms with Crippen LogP contribution in [0.5, 0.6) is 5.75 Å². The number of aliphatic carboxylic acids is 1. The highest BCUT2D eigenvalue weighted by Gasteiger charge is 2.45. The standard InChI is InChI=1S/C16H23N2O10P/c19-11(7-8-2-1-3-9(6-8)28-29(25,26)27)17-5-4-10-13(20)15(22)14(21)12(18-10)16(23)24/h1-3,6,10,12-15,18,20-22H,4-5,7H2,(H,17,19)(H,23,24)(H2,25,26,27)/t10-,12+,13-,14+,15+/m0/s1. The van der Waals surface area contributed by atoms with E-state index in [4.69, 9.17) is 14.9 Å². The van der Waals surface area contributed by atoms with Crippen LogP contribution in [-0.2, 0) is 20.6 Å². The zero-order valence-corrected chi connectivity index (χ0v) is 16.0. The molecule has 0 aromatic heterocycles. The molecule has 1 amide bonds. The minimum absolute atomic E-state index is 0.0430. The lowest BCUT2D eigenvalue weighted by atomic mass is 9.88. The molecule has 0 radical (unpaired) electrons. The summed E-state index contributed by atoms with van der Waals surface area (Å²) in [4.78, 5) is 40.8. The molecule has 8 N–H and O–H groups in total. The van der Waals surface area contributed by atoms with Gasteiger partial charge >= 0.3 is 13.8 Å². The van der Waals surface area contributed by atoms with Gasteiger partial charge in [-0.15, -0.1) is 0 Å². The van der Waals surface area contributed by atoms with Crippen molar-refractivity contribution in [2.45, 2.75) is 43.2 Å². The largest absolute Gasteiger partial charge is 0.524 e. The molecule has 5 atom stereocenters. The second-order valence-corrected chi connectivity index (χ2v) is 7.77. The number of carboxylic acid groups (broad SMARTS) is 1. The number of nitrogens with one attached hydrogen (secondary N) is 2. The van der Waals surface area contributed by atoms with Gasteiger partial charge in [0.25, 0.3) is 0 Å². The molecule has 1 aromatic carbocycles. The van der Waals surface area contributed by atoms with Crippen LogP contribution in [-0.4, -0.2) is 79.0 Å². The van der Waals surface area contributed by atoms with Gasteiger partial charge in [0.15, 0.2) is 0 Å². The van der Waals surface area contributed by atoms with E-state index in [-0.39, 0.29) is 25.1 Å². The maximum Gasteiger partial charge on any atom is 0.524 e. The molecule has 1 saturated heterocycles. The number of amides is 1. The summed E-state index contributed by atoms with van der Waals surface area (Å²) in [6, 6.07) is 3.35. The average molecular weight is 434 g/mol. The molecule has 1 aliphatic heterocycles. The molecule has 1 aromatic rings. The van der Waals surface area contributed by atoms with Gasteiger partial charge in [0.2, 0.25) is 5.91 Å². The first-order valence-electron chi connectivity index (χ1n) is 8.62. The highest BCUT2D eigenvalue weighted by Crippen LogP contribution is 2.37. The maximum atomic E-state index is 12.0. The summed E-state index contributed by atoms with van der Waals surface area (Å²) in [5, 5.41) is 43.6. The third kappa shape index (κ3) is 6.75. The van der Waals surface area contributed by atoms with Crippen LogP contribution in [0.4, 0.5) is 0 Å². The van der Waals surface area contributed by atoms with Gasteiger partial charge in [-0.25, -0.2) is 4.57 Å². The number of carbonyl (C=O) groups is 2. The predicted molar refractivity (Wildman–Crippen MR) is 96.8 cm³/mol. The number of aliphatic hydroxyl groups is 3. The van der Waals surface area contributed by atoms with Crippen molar-refractivity contribution in [2.75, 3.05) is 6.54 Å². The van der Waals surface area contributed by atoms with E-state index in [0.717, 1.165) is 0 Å². The summed E-state index contributed by atoms with van der Waals surface area (Å²) in [5.41, 5.74) is 0.439. The number of phosphoric ester groups is 1.